The van der Waals surface area contributed by atoms with Crippen LogP contribution in [0.2, 0.25) is 0 Å². The zero-order valence-electron chi connectivity index (χ0n) is 31.9. The summed E-state index contributed by atoms with van der Waals surface area (Å²) in [6.45, 7) is 7.56. The number of rotatable bonds is 18. The Hall–Kier alpha value is -5.68. The van der Waals surface area contributed by atoms with E-state index in [-0.39, 0.29) is 36.9 Å². The lowest BCUT2D eigenvalue weighted by Crippen LogP contribution is -2.55. The number of benzene rings is 4. The summed E-state index contributed by atoms with van der Waals surface area (Å²) in [4.78, 5) is 53.5. The standard InChI is InChI=1S/C44H52N4O7/c1-29(2)37(47-43(51)53-27-33-21-13-7-14-22-33)41(49)45-35(25-31-17-9-5-10-18-31)39-40(55-39)36(26-32-19-11-6-12-20-32)46-42(50)38(30(3)4)48-44(52)54-28-34-23-15-8-16-24-34/h5-24,29-30,35-40H,25-28H2,1-4H3,(H,45,49)(H,46,50)(H,47,51)(H,48,52)/t35-,36-,37-,38-,39-,40+/m0/s1. The first-order valence-corrected chi connectivity index (χ1v) is 18.9. The van der Waals surface area contributed by atoms with E-state index in [2.05, 4.69) is 21.3 Å². The molecule has 1 fully saturated rings. The molecule has 55 heavy (non-hydrogen) atoms. The van der Waals surface area contributed by atoms with Crippen LogP contribution in [-0.4, -0.2) is 60.4 Å². The van der Waals surface area contributed by atoms with Crippen LogP contribution >= 0.6 is 0 Å². The molecule has 1 saturated heterocycles. The molecule has 1 aliphatic rings. The highest BCUT2D eigenvalue weighted by molar-refractivity contribution is 5.87. The Kier molecular flexibility index (Phi) is 14.8. The molecular formula is C44H52N4O7. The summed E-state index contributed by atoms with van der Waals surface area (Å²) < 4.78 is 17.2. The van der Waals surface area contributed by atoms with Gasteiger partial charge in [0.1, 0.15) is 37.5 Å². The van der Waals surface area contributed by atoms with E-state index >= 15 is 0 Å². The molecule has 0 aromatic heterocycles. The quantitative estimate of drug-likeness (QED) is 0.0899. The Balaban J connectivity index is 1.29. The van der Waals surface area contributed by atoms with Crippen molar-refractivity contribution in [2.24, 2.45) is 11.8 Å². The maximum atomic E-state index is 13.9. The molecule has 4 aromatic carbocycles. The van der Waals surface area contributed by atoms with Crippen molar-refractivity contribution in [3.63, 3.8) is 0 Å². The molecule has 5 rings (SSSR count). The molecule has 6 atom stereocenters. The van der Waals surface area contributed by atoms with Crippen LogP contribution in [0, 0.1) is 11.8 Å². The minimum absolute atomic E-state index is 0.0733. The van der Waals surface area contributed by atoms with Crippen molar-refractivity contribution in [3.8, 4) is 0 Å². The van der Waals surface area contributed by atoms with Gasteiger partial charge in [0.05, 0.1) is 12.1 Å². The molecule has 0 radical (unpaired) electrons. The number of nitrogens with one attached hydrogen (secondary N) is 4. The summed E-state index contributed by atoms with van der Waals surface area (Å²) in [6.07, 6.45) is -1.41. The molecule has 0 aliphatic carbocycles. The minimum Gasteiger partial charge on any atom is -0.445 e. The van der Waals surface area contributed by atoms with Crippen molar-refractivity contribution in [3.05, 3.63) is 144 Å². The van der Waals surface area contributed by atoms with E-state index in [0.717, 1.165) is 22.3 Å². The number of epoxide rings is 1. The predicted octanol–water partition coefficient (Wildman–Crippen LogP) is 6.11. The topological polar surface area (TPSA) is 147 Å². The molecule has 1 aliphatic heterocycles. The van der Waals surface area contributed by atoms with Gasteiger partial charge in [-0.15, -0.1) is 0 Å². The lowest BCUT2D eigenvalue weighted by Gasteiger charge is -2.26. The van der Waals surface area contributed by atoms with E-state index in [4.69, 9.17) is 14.2 Å². The van der Waals surface area contributed by atoms with Crippen LogP contribution in [0.1, 0.15) is 49.9 Å². The van der Waals surface area contributed by atoms with Crippen LogP contribution in [0.5, 0.6) is 0 Å². The minimum atomic E-state index is -0.877. The maximum absolute atomic E-state index is 13.9. The Bertz CT molecular complexity index is 1680. The van der Waals surface area contributed by atoms with Gasteiger partial charge in [-0.2, -0.15) is 0 Å². The van der Waals surface area contributed by atoms with E-state index in [9.17, 15) is 19.2 Å². The van der Waals surface area contributed by atoms with Gasteiger partial charge in [-0.1, -0.05) is 149 Å². The molecular weight excluding hydrogens is 697 g/mol. The molecule has 4 amide bonds. The van der Waals surface area contributed by atoms with Crippen molar-refractivity contribution in [1.29, 1.82) is 0 Å². The van der Waals surface area contributed by atoms with E-state index in [1.807, 2.05) is 149 Å². The van der Waals surface area contributed by atoms with Crippen LogP contribution in [0.15, 0.2) is 121 Å². The number of alkyl carbamates (subject to hydrolysis) is 2. The van der Waals surface area contributed by atoms with Crippen LogP contribution in [0.25, 0.3) is 0 Å². The predicted molar refractivity (Wildman–Crippen MR) is 210 cm³/mol. The zero-order valence-corrected chi connectivity index (χ0v) is 31.9. The second kappa shape index (κ2) is 20.1. The van der Waals surface area contributed by atoms with Gasteiger partial charge in [0.15, 0.2) is 0 Å². The zero-order chi connectivity index (χ0) is 39.2. The molecule has 11 heteroatoms. The fourth-order valence-electron chi connectivity index (χ4n) is 6.42. The van der Waals surface area contributed by atoms with Crippen molar-refractivity contribution in [2.45, 2.75) is 90.1 Å². The van der Waals surface area contributed by atoms with Gasteiger partial charge in [-0.05, 0) is 46.9 Å². The van der Waals surface area contributed by atoms with Crippen LogP contribution in [-0.2, 0) is 49.9 Å². The average Bonchev–Trinajstić information content (AvgIpc) is 3.99. The number of amides is 4. The highest BCUT2D eigenvalue weighted by Gasteiger charge is 2.51. The summed E-state index contributed by atoms with van der Waals surface area (Å²) in [5, 5.41) is 11.8. The molecule has 0 spiro atoms. The molecule has 0 unspecified atom stereocenters. The number of hydrogen-bond donors (Lipinski definition) is 4. The largest absolute Gasteiger partial charge is 0.445 e. The van der Waals surface area contributed by atoms with Crippen molar-refractivity contribution in [1.82, 2.24) is 21.3 Å². The van der Waals surface area contributed by atoms with Crippen LogP contribution in [0.4, 0.5) is 9.59 Å². The third kappa shape index (κ3) is 12.7. The molecule has 4 aromatic rings. The molecule has 1 heterocycles. The number of ether oxygens (including phenoxy) is 3. The fraction of sp³-hybridized carbons (Fsp3) is 0.364. The lowest BCUT2D eigenvalue weighted by atomic mass is 9.94. The van der Waals surface area contributed by atoms with Gasteiger partial charge in [-0.3, -0.25) is 9.59 Å². The van der Waals surface area contributed by atoms with Crippen molar-refractivity contribution >= 4 is 24.0 Å². The van der Waals surface area contributed by atoms with Crippen LogP contribution in [0.3, 0.4) is 0 Å². The van der Waals surface area contributed by atoms with E-state index in [0.29, 0.717) is 12.8 Å². The van der Waals surface area contributed by atoms with Gasteiger partial charge in [-0.25, -0.2) is 9.59 Å². The lowest BCUT2D eigenvalue weighted by molar-refractivity contribution is -0.125. The normalized spacial score (nSPS) is 16.9. The fourth-order valence-corrected chi connectivity index (χ4v) is 6.42. The summed E-state index contributed by atoms with van der Waals surface area (Å²) in [7, 11) is 0. The monoisotopic (exact) mass is 748 g/mol. The molecule has 0 saturated carbocycles. The Morgan fingerprint density at radius 2 is 0.800 bits per heavy atom. The van der Waals surface area contributed by atoms with Crippen molar-refractivity contribution in [2.75, 3.05) is 0 Å². The third-order valence-electron chi connectivity index (χ3n) is 9.48. The first-order valence-electron chi connectivity index (χ1n) is 18.9. The van der Waals surface area contributed by atoms with Gasteiger partial charge in [0.25, 0.3) is 0 Å². The van der Waals surface area contributed by atoms with Gasteiger partial charge in [0, 0.05) is 0 Å². The Labute approximate surface area is 323 Å². The highest BCUT2D eigenvalue weighted by Crippen LogP contribution is 2.32. The maximum Gasteiger partial charge on any atom is 0.408 e. The second-order valence-electron chi connectivity index (χ2n) is 14.5. The Morgan fingerprint density at radius 3 is 1.11 bits per heavy atom. The van der Waals surface area contributed by atoms with Crippen LogP contribution < -0.4 is 21.3 Å². The number of hydrogen-bond acceptors (Lipinski definition) is 7. The van der Waals surface area contributed by atoms with Gasteiger partial charge in [0.2, 0.25) is 11.8 Å². The third-order valence-corrected chi connectivity index (χ3v) is 9.48. The van der Waals surface area contributed by atoms with Gasteiger partial charge >= 0.3 is 12.2 Å². The second-order valence-corrected chi connectivity index (χ2v) is 14.5. The summed E-state index contributed by atoms with van der Waals surface area (Å²) >= 11 is 0. The number of carbonyl (C=O) groups excluding carboxylic acids is 4. The van der Waals surface area contributed by atoms with Crippen molar-refractivity contribution < 1.29 is 33.4 Å². The SMILES string of the molecule is CC(C)[C@H](NC(=O)OCc1ccccc1)C(=O)N[C@@H](Cc1ccccc1)[C@@H]1O[C@@H]1[C@H](Cc1ccccc1)NC(=O)[C@@H](NC(=O)OCc1ccccc1)C(C)C. The first-order chi connectivity index (χ1) is 26.6. The smallest absolute Gasteiger partial charge is 0.408 e. The molecule has 4 N–H and O–H groups in total. The van der Waals surface area contributed by atoms with Gasteiger partial charge < -0.3 is 35.5 Å². The molecule has 0 bridgehead atoms. The average molecular weight is 749 g/mol. The van der Waals surface area contributed by atoms with E-state index in [1.54, 1.807) is 0 Å². The first kappa shape index (κ1) is 40.5. The van der Waals surface area contributed by atoms with E-state index < -0.39 is 48.6 Å². The summed E-state index contributed by atoms with van der Waals surface area (Å²) in [6, 6.07) is 35.4. The molecule has 290 valence electrons. The molecule has 11 nitrogen and oxygen atoms in total. The summed E-state index contributed by atoms with van der Waals surface area (Å²) in [5.74, 6) is -1.24. The highest BCUT2D eigenvalue weighted by atomic mass is 16.6. The van der Waals surface area contributed by atoms with E-state index in [1.165, 1.54) is 0 Å². The number of carbonyl (C=O) groups is 4. The Morgan fingerprint density at radius 1 is 0.491 bits per heavy atom. The summed E-state index contributed by atoms with van der Waals surface area (Å²) in [5.41, 5.74) is 3.64.